The van der Waals surface area contributed by atoms with Gasteiger partial charge in [0.25, 0.3) is 0 Å². The standard InChI is InChI=1S/C15H24ClN3S/c1-4-17-14-6-5-12(16)13(18-14)11-19-8-7-15(2,3)20-10-9-19/h5-6H,4,7-11H2,1-3H3,(H,17,18). The van der Waals surface area contributed by atoms with E-state index in [0.717, 1.165) is 42.7 Å². The molecule has 0 unspecified atom stereocenters. The molecular formula is C15H24ClN3S. The van der Waals surface area contributed by atoms with Crippen LogP contribution >= 0.6 is 23.4 Å². The predicted octanol–water partition coefficient (Wildman–Crippen LogP) is 3.88. The highest BCUT2D eigenvalue weighted by Gasteiger charge is 2.24. The van der Waals surface area contributed by atoms with E-state index in [1.807, 2.05) is 12.1 Å². The van der Waals surface area contributed by atoms with Crippen molar-refractivity contribution in [1.82, 2.24) is 9.88 Å². The van der Waals surface area contributed by atoms with Crippen LogP contribution in [-0.2, 0) is 6.54 Å². The summed E-state index contributed by atoms with van der Waals surface area (Å²) in [7, 11) is 0. The maximum absolute atomic E-state index is 6.29. The summed E-state index contributed by atoms with van der Waals surface area (Å²) in [6.45, 7) is 10.7. The lowest BCUT2D eigenvalue weighted by Crippen LogP contribution is -2.27. The molecule has 5 heteroatoms. The Bertz CT molecular complexity index is 451. The van der Waals surface area contributed by atoms with Crippen molar-refractivity contribution in [1.29, 1.82) is 0 Å². The highest BCUT2D eigenvalue weighted by Crippen LogP contribution is 2.31. The molecule has 3 nitrogen and oxygen atoms in total. The summed E-state index contributed by atoms with van der Waals surface area (Å²) in [6, 6.07) is 3.88. The number of hydrogen-bond acceptors (Lipinski definition) is 4. The minimum absolute atomic E-state index is 0.386. The van der Waals surface area contributed by atoms with Gasteiger partial charge in [0.1, 0.15) is 5.82 Å². The third kappa shape index (κ3) is 4.54. The molecule has 1 aromatic rings. The zero-order valence-corrected chi connectivity index (χ0v) is 14.2. The third-order valence-electron chi connectivity index (χ3n) is 3.58. The monoisotopic (exact) mass is 313 g/mol. The normalized spacial score (nSPS) is 19.6. The third-order valence-corrected chi connectivity index (χ3v) is 5.30. The molecule has 1 aliphatic heterocycles. The first-order valence-electron chi connectivity index (χ1n) is 7.26. The minimum Gasteiger partial charge on any atom is -0.370 e. The lowest BCUT2D eigenvalue weighted by atomic mass is 10.1. The first-order chi connectivity index (χ1) is 9.50. The number of rotatable bonds is 4. The lowest BCUT2D eigenvalue weighted by molar-refractivity contribution is 0.273. The summed E-state index contributed by atoms with van der Waals surface area (Å²) >= 11 is 8.35. The molecule has 2 heterocycles. The number of nitrogens with zero attached hydrogens (tertiary/aromatic N) is 2. The Morgan fingerprint density at radius 1 is 1.40 bits per heavy atom. The van der Waals surface area contributed by atoms with E-state index in [4.69, 9.17) is 11.6 Å². The molecule has 0 spiro atoms. The molecule has 112 valence electrons. The van der Waals surface area contributed by atoms with Crippen LogP contribution in [0.4, 0.5) is 5.82 Å². The number of hydrogen-bond donors (Lipinski definition) is 1. The van der Waals surface area contributed by atoms with Crippen LogP contribution in [0.25, 0.3) is 0 Å². The van der Waals surface area contributed by atoms with Crippen LogP contribution in [0.1, 0.15) is 32.9 Å². The molecule has 20 heavy (non-hydrogen) atoms. The van der Waals surface area contributed by atoms with Crippen molar-refractivity contribution in [3.63, 3.8) is 0 Å². The van der Waals surface area contributed by atoms with Gasteiger partial charge in [0, 0.05) is 30.1 Å². The van der Waals surface area contributed by atoms with Crippen molar-refractivity contribution in [2.75, 3.05) is 30.7 Å². The summed E-state index contributed by atoms with van der Waals surface area (Å²) in [5.74, 6) is 2.09. The highest BCUT2D eigenvalue weighted by atomic mass is 35.5. The Balaban J connectivity index is 2.03. The van der Waals surface area contributed by atoms with Crippen molar-refractivity contribution < 1.29 is 0 Å². The first kappa shape index (κ1) is 15.9. The van der Waals surface area contributed by atoms with Crippen molar-refractivity contribution >= 4 is 29.2 Å². The first-order valence-corrected chi connectivity index (χ1v) is 8.62. The summed E-state index contributed by atoms with van der Waals surface area (Å²) in [6.07, 6.45) is 1.21. The van der Waals surface area contributed by atoms with E-state index in [9.17, 15) is 0 Å². The van der Waals surface area contributed by atoms with E-state index < -0.39 is 0 Å². The zero-order valence-electron chi connectivity index (χ0n) is 12.6. The molecule has 1 fully saturated rings. The van der Waals surface area contributed by atoms with Gasteiger partial charge < -0.3 is 5.32 Å². The number of pyridine rings is 1. The topological polar surface area (TPSA) is 28.2 Å². The Kier molecular flexibility index (Phi) is 5.58. The molecule has 0 radical (unpaired) electrons. The fraction of sp³-hybridized carbons (Fsp3) is 0.667. The van der Waals surface area contributed by atoms with Crippen LogP contribution in [0.15, 0.2) is 12.1 Å². The molecule has 0 bridgehead atoms. The number of anilines is 1. The van der Waals surface area contributed by atoms with E-state index >= 15 is 0 Å². The van der Waals surface area contributed by atoms with E-state index in [0.29, 0.717) is 4.75 Å². The number of aromatic nitrogens is 1. The zero-order chi connectivity index (χ0) is 14.6. The van der Waals surface area contributed by atoms with Crippen LogP contribution in [-0.4, -0.2) is 40.0 Å². The molecule has 0 amide bonds. The Hall–Kier alpha value is -0.450. The second kappa shape index (κ2) is 7.01. The maximum atomic E-state index is 6.29. The van der Waals surface area contributed by atoms with Gasteiger partial charge in [-0.3, -0.25) is 4.90 Å². The Morgan fingerprint density at radius 3 is 2.95 bits per heavy atom. The fourth-order valence-corrected chi connectivity index (χ4v) is 3.61. The predicted molar refractivity (Wildman–Crippen MR) is 89.8 cm³/mol. The van der Waals surface area contributed by atoms with Crippen molar-refractivity contribution in [2.45, 2.75) is 38.5 Å². The molecule has 1 N–H and O–H groups in total. The second-order valence-electron chi connectivity index (χ2n) is 5.79. The van der Waals surface area contributed by atoms with Crippen LogP contribution in [0.2, 0.25) is 5.02 Å². The Labute approximate surface area is 131 Å². The van der Waals surface area contributed by atoms with Gasteiger partial charge in [-0.15, -0.1) is 0 Å². The molecule has 1 aromatic heterocycles. The summed E-state index contributed by atoms with van der Waals surface area (Å²) in [5.41, 5.74) is 0.981. The van der Waals surface area contributed by atoms with Crippen LogP contribution in [0, 0.1) is 0 Å². The summed E-state index contributed by atoms with van der Waals surface area (Å²) in [4.78, 5) is 7.10. The molecule has 1 aliphatic rings. The molecule has 2 rings (SSSR count). The molecular weight excluding hydrogens is 290 g/mol. The molecule has 0 aromatic carbocycles. The molecule has 0 atom stereocenters. The SMILES string of the molecule is CCNc1ccc(Cl)c(CN2CCSC(C)(C)CC2)n1. The van der Waals surface area contributed by atoms with Crippen LogP contribution in [0.5, 0.6) is 0 Å². The smallest absolute Gasteiger partial charge is 0.126 e. The van der Waals surface area contributed by atoms with Gasteiger partial charge in [-0.2, -0.15) is 11.8 Å². The van der Waals surface area contributed by atoms with Gasteiger partial charge >= 0.3 is 0 Å². The maximum Gasteiger partial charge on any atom is 0.126 e. The van der Waals surface area contributed by atoms with Crippen LogP contribution in [0.3, 0.4) is 0 Å². The van der Waals surface area contributed by atoms with Gasteiger partial charge in [0.05, 0.1) is 10.7 Å². The van der Waals surface area contributed by atoms with Crippen molar-refractivity contribution in [2.24, 2.45) is 0 Å². The van der Waals surface area contributed by atoms with Gasteiger partial charge in [-0.25, -0.2) is 4.98 Å². The fourth-order valence-electron chi connectivity index (χ4n) is 2.31. The lowest BCUT2D eigenvalue weighted by Gasteiger charge is -2.22. The minimum atomic E-state index is 0.386. The van der Waals surface area contributed by atoms with E-state index in [1.165, 1.54) is 12.2 Å². The van der Waals surface area contributed by atoms with E-state index in [-0.39, 0.29) is 0 Å². The number of halogens is 1. The van der Waals surface area contributed by atoms with Gasteiger partial charge in [0.15, 0.2) is 0 Å². The number of thioether (sulfide) groups is 1. The Morgan fingerprint density at radius 2 is 2.20 bits per heavy atom. The van der Waals surface area contributed by atoms with Crippen LogP contribution < -0.4 is 5.32 Å². The van der Waals surface area contributed by atoms with Crippen molar-refractivity contribution in [3.05, 3.63) is 22.8 Å². The van der Waals surface area contributed by atoms with E-state index in [1.54, 1.807) is 0 Å². The molecule has 0 saturated carbocycles. The van der Waals surface area contributed by atoms with Gasteiger partial charge in [0.2, 0.25) is 0 Å². The van der Waals surface area contributed by atoms with Gasteiger partial charge in [-0.05, 0) is 32.0 Å². The molecule has 0 aliphatic carbocycles. The average molecular weight is 314 g/mol. The van der Waals surface area contributed by atoms with Crippen molar-refractivity contribution in [3.8, 4) is 0 Å². The number of nitrogens with one attached hydrogen (secondary N) is 1. The largest absolute Gasteiger partial charge is 0.370 e. The average Bonchev–Trinajstić information content (AvgIpc) is 2.55. The van der Waals surface area contributed by atoms with E-state index in [2.05, 4.69) is 47.7 Å². The highest BCUT2D eigenvalue weighted by molar-refractivity contribution is 8.00. The quantitative estimate of drug-likeness (QED) is 0.913. The van der Waals surface area contributed by atoms with Gasteiger partial charge in [-0.1, -0.05) is 25.4 Å². The summed E-state index contributed by atoms with van der Waals surface area (Å²) < 4.78 is 0.386. The summed E-state index contributed by atoms with van der Waals surface area (Å²) in [5, 5.41) is 4.01. The molecule has 1 saturated heterocycles. The second-order valence-corrected chi connectivity index (χ2v) is 8.00.